The fourth-order valence-electron chi connectivity index (χ4n) is 3.86. The molecule has 148 valence electrons. The highest BCUT2D eigenvalue weighted by atomic mass is 16.6. The van der Waals surface area contributed by atoms with E-state index in [0.29, 0.717) is 32.1 Å². The number of carbonyl (C=O) groups is 1. The molecular formula is C23H27NO4. The van der Waals surface area contributed by atoms with Crippen molar-refractivity contribution < 1.29 is 19.0 Å². The molecule has 1 fully saturated rings. The molecule has 1 heterocycles. The molecule has 0 aromatic heterocycles. The second-order valence-corrected chi connectivity index (χ2v) is 7.46. The van der Waals surface area contributed by atoms with Gasteiger partial charge in [-0.05, 0) is 60.4 Å². The van der Waals surface area contributed by atoms with Crippen LogP contribution in [-0.4, -0.2) is 32.8 Å². The number of fused-ring (bicyclic) bond motifs is 1. The Bertz CT molecular complexity index is 831. The van der Waals surface area contributed by atoms with Gasteiger partial charge in [-0.15, -0.1) is 0 Å². The largest absolute Gasteiger partial charge is 0.496 e. The normalized spacial score (nSPS) is 16.3. The third-order valence-corrected chi connectivity index (χ3v) is 5.50. The lowest BCUT2D eigenvalue weighted by atomic mass is 9.90. The summed E-state index contributed by atoms with van der Waals surface area (Å²) < 4.78 is 16.7. The molecular weight excluding hydrogens is 354 g/mol. The number of hydrogen-bond acceptors (Lipinski definition) is 4. The van der Waals surface area contributed by atoms with Gasteiger partial charge in [0.2, 0.25) is 5.91 Å². The Hall–Kier alpha value is -2.69. The van der Waals surface area contributed by atoms with Crippen LogP contribution in [0.3, 0.4) is 0 Å². The molecule has 2 aliphatic rings. The van der Waals surface area contributed by atoms with Crippen LogP contribution in [0.25, 0.3) is 0 Å². The quantitative estimate of drug-likeness (QED) is 0.757. The Morgan fingerprint density at radius 3 is 2.71 bits per heavy atom. The minimum Gasteiger partial charge on any atom is -0.496 e. The van der Waals surface area contributed by atoms with Crippen LogP contribution in [0.1, 0.15) is 36.3 Å². The van der Waals surface area contributed by atoms with E-state index < -0.39 is 0 Å². The third-order valence-electron chi connectivity index (χ3n) is 5.50. The van der Waals surface area contributed by atoms with Gasteiger partial charge in [-0.2, -0.15) is 0 Å². The standard InChI is InChI=1S/C23H27NO4/c1-26-20-5-3-2-4-17(20)10-11-24-23(25)15-19(16-6-7-16)18-8-9-21-22(14-18)28-13-12-27-21/h2-5,8-9,14,16,19H,6-7,10-13,15H2,1H3,(H,24,25). The van der Waals surface area contributed by atoms with Crippen LogP contribution in [0.2, 0.25) is 0 Å². The lowest BCUT2D eigenvalue weighted by molar-refractivity contribution is -0.121. The average molecular weight is 381 g/mol. The molecule has 4 rings (SSSR count). The van der Waals surface area contributed by atoms with Crippen molar-refractivity contribution in [2.24, 2.45) is 5.92 Å². The minimum absolute atomic E-state index is 0.0988. The molecule has 5 heteroatoms. The zero-order chi connectivity index (χ0) is 19.3. The number of ether oxygens (including phenoxy) is 3. The maximum absolute atomic E-state index is 12.6. The number of para-hydroxylation sites is 1. The predicted molar refractivity (Wildman–Crippen MR) is 107 cm³/mol. The van der Waals surface area contributed by atoms with Gasteiger partial charge >= 0.3 is 0 Å². The summed E-state index contributed by atoms with van der Waals surface area (Å²) in [5.74, 6) is 3.38. The summed E-state index contributed by atoms with van der Waals surface area (Å²) in [7, 11) is 1.67. The van der Waals surface area contributed by atoms with Crippen molar-refractivity contribution in [1.82, 2.24) is 5.32 Å². The average Bonchev–Trinajstić information content (AvgIpc) is 3.57. The van der Waals surface area contributed by atoms with E-state index in [-0.39, 0.29) is 11.8 Å². The molecule has 1 N–H and O–H groups in total. The number of methoxy groups -OCH3 is 1. The van der Waals surface area contributed by atoms with Gasteiger partial charge in [0, 0.05) is 13.0 Å². The summed E-state index contributed by atoms with van der Waals surface area (Å²) in [5, 5.41) is 3.08. The molecule has 1 saturated carbocycles. The van der Waals surface area contributed by atoms with Crippen molar-refractivity contribution in [3.05, 3.63) is 53.6 Å². The minimum atomic E-state index is 0.0988. The van der Waals surface area contributed by atoms with Gasteiger partial charge in [-0.3, -0.25) is 4.79 Å². The second kappa shape index (κ2) is 8.55. The van der Waals surface area contributed by atoms with Gasteiger partial charge in [0.05, 0.1) is 7.11 Å². The van der Waals surface area contributed by atoms with E-state index in [1.807, 2.05) is 30.3 Å². The van der Waals surface area contributed by atoms with E-state index in [4.69, 9.17) is 14.2 Å². The van der Waals surface area contributed by atoms with Crippen LogP contribution in [0.4, 0.5) is 0 Å². The van der Waals surface area contributed by atoms with Gasteiger partial charge in [0.25, 0.3) is 0 Å². The zero-order valence-electron chi connectivity index (χ0n) is 16.3. The summed E-state index contributed by atoms with van der Waals surface area (Å²) in [6.07, 6.45) is 3.64. The predicted octanol–water partition coefficient (Wildman–Crippen LogP) is 3.71. The number of hydrogen-bond donors (Lipinski definition) is 1. The molecule has 0 radical (unpaired) electrons. The molecule has 0 saturated heterocycles. The fourth-order valence-corrected chi connectivity index (χ4v) is 3.86. The Morgan fingerprint density at radius 2 is 1.93 bits per heavy atom. The van der Waals surface area contributed by atoms with Crippen molar-refractivity contribution in [3.8, 4) is 17.2 Å². The van der Waals surface area contributed by atoms with E-state index in [1.54, 1.807) is 7.11 Å². The number of amides is 1. The maximum atomic E-state index is 12.6. The Morgan fingerprint density at radius 1 is 1.14 bits per heavy atom. The third kappa shape index (κ3) is 4.41. The number of benzene rings is 2. The highest BCUT2D eigenvalue weighted by Crippen LogP contribution is 2.46. The molecule has 1 unspecified atom stereocenters. The summed E-state index contributed by atoms with van der Waals surface area (Å²) in [5.41, 5.74) is 2.28. The molecule has 1 atom stereocenters. The van der Waals surface area contributed by atoms with E-state index in [2.05, 4.69) is 17.4 Å². The van der Waals surface area contributed by atoms with Crippen molar-refractivity contribution in [1.29, 1.82) is 0 Å². The van der Waals surface area contributed by atoms with E-state index in [1.165, 1.54) is 18.4 Å². The maximum Gasteiger partial charge on any atom is 0.220 e. The molecule has 0 spiro atoms. The Kier molecular flexibility index (Phi) is 5.70. The summed E-state index contributed by atoms with van der Waals surface area (Å²) in [4.78, 5) is 12.6. The lowest BCUT2D eigenvalue weighted by Gasteiger charge is -2.22. The van der Waals surface area contributed by atoms with Crippen LogP contribution in [-0.2, 0) is 11.2 Å². The lowest BCUT2D eigenvalue weighted by Crippen LogP contribution is -2.27. The SMILES string of the molecule is COc1ccccc1CCNC(=O)CC(c1ccc2c(c1)OCCO2)C1CC1. The zero-order valence-corrected chi connectivity index (χ0v) is 16.3. The van der Waals surface area contributed by atoms with E-state index >= 15 is 0 Å². The first kappa shape index (κ1) is 18.7. The Labute approximate surface area is 166 Å². The highest BCUT2D eigenvalue weighted by Gasteiger charge is 2.34. The monoisotopic (exact) mass is 381 g/mol. The number of nitrogens with one attached hydrogen (secondary N) is 1. The number of carbonyl (C=O) groups excluding carboxylic acids is 1. The molecule has 1 aliphatic heterocycles. The van der Waals surface area contributed by atoms with Crippen LogP contribution in [0.5, 0.6) is 17.2 Å². The van der Waals surface area contributed by atoms with Crippen LogP contribution in [0.15, 0.2) is 42.5 Å². The Balaban J connectivity index is 1.35. The summed E-state index contributed by atoms with van der Waals surface area (Å²) in [6, 6.07) is 14.0. The van der Waals surface area contributed by atoms with Crippen LogP contribution >= 0.6 is 0 Å². The van der Waals surface area contributed by atoms with Gasteiger partial charge in [-0.25, -0.2) is 0 Å². The molecule has 2 aromatic rings. The van der Waals surface area contributed by atoms with Crippen molar-refractivity contribution >= 4 is 5.91 Å². The summed E-state index contributed by atoms with van der Waals surface area (Å²) in [6.45, 7) is 1.78. The van der Waals surface area contributed by atoms with Gasteiger partial charge in [-0.1, -0.05) is 24.3 Å². The highest BCUT2D eigenvalue weighted by molar-refractivity contribution is 5.77. The molecule has 0 bridgehead atoms. The first-order valence-electron chi connectivity index (χ1n) is 10.0. The first-order chi connectivity index (χ1) is 13.7. The van der Waals surface area contributed by atoms with E-state index in [0.717, 1.165) is 29.2 Å². The van der Waals surface area contributed by atoms with Crippen molar-refractivity contribution in [2.75, 3.05) is 26.9 Å². The first-order valence-corrected chi connectivity index (χ1v) is 10.0. The van der Waals surface area contributed by atoms with Gasteiger partial charge < -0.3 is 19.5 Å². The molecule has 1 aliphatic carbocycles. The van der Waals surface area contributed by atoms with Crippen LogP contribution < -0.4 is 19.5 Å². The van der Waals surface area contributed by atoms with Crippen molar-refractivity contribution in [2.45, 2.75) is 31.6 Å². The smallest absolute Gasteiger partial charge is 0.220 e. The van der Waals surface area contributed by atoms with Crippen LogP contribution in [0, 0.1) is 5.92 Å². The molecule has 1 amide bonds. The van der Waals surface area contributed by atoms with Crippen molar-refractivity contribution in [3.63, 3.8) is 0 Å². The van der Waals surface area contributed by atoms with Gasteiger partial charge in [0.1, 0.15) is 19.0 Å². The molecule has 5 nitrogen and oxygen atoms in total. The molecule has 28 heavy (non-hydrogen) atoms. The molecule has 2 aromatic carbocycles. The topological polar surface area (TPSA) is 56.8 Å². The summed E-state index contributed by atoms with van der Waals surface area (Å²) >= 11 is 0. The second-order valence-electron chi connectivity index (χ2n) is 7.46. The number of rotatable bonds is 8. The van der Waals surface area contributed by atoms with E-state index in [9.17, 15) is 4.79 Å². The van der Waals surface area contributed by atoms with Gasteiger partial charge in [0.15, 0.2) is 11.5 Å². The fraction of sp³-hybridized carbons (Fsp3) is 0.435.